The number of nitrogens with one attached hydrogen (secondary N) is 2. The molecule has 0 radical (unpaired) electrons. The first-order valence-electron chi connectivity index (χ1n) is 8.00. The number of halogens is 1. The van der Waals surface area contributed by atoms with Crippen molar-refractivity contribution in [3.8, 4) is 0 Å². The Morgan fingerprint density at radius 3 is 2.46 bits per heavy atom. The van der Waals surface area contributed by atoms with Crippen molar-refractivity contribution in [1.29, 1.82) is 0 Å². The SMILES string of the molecule is CCOC(=O)C1CCN(C(=NC)NCC(=O)NCCOC)CC1.I. The van der Waals surface area contributed by atoms with E-state index in [1.165, 1.54) is 0 Å². The molecule has 9 heteroatoms. The van der Waals surface area contributed by atoms with Crippen LogP contribution in [0.2, 0.25) is 0 Å². The number of aliphatic imine (C=N–C) groups is 1. The highest BCUT2D eigenvalue weighted by molar-refractivity contribution is 14.0. The Morgan fingerprint density at radius 2 is 1.92 bits per heavy atom. The number of ether oxygens (including phenoxy) is 2. The third kappa shape index (κ3) is 8.13. The van der Waals surface area contributed by atoms with Gasteiger partial charge >= 0.3 is 5.97 Å². The average molecular weight is 456 g/mol. The second kappa shape index (κ2) is 13.2. The predicted octanol–water partition coefficient (Wildman–Crippen LogP) is 0.218. The van der Waals surface area contributed by atoms with Gasteiger partial charge in [-0.15, -0.1) is 24.0 Å². The molecule has 1 fully saturated rings. The summed E-state index contributed by atoms with van der Waals surface area (Å²) in [5.41, 5.74) is 0. The highest BCUT2D eigenvalue weighted by Crippen LogP contribution is 2.18. The van der Waals surface area contributed by atoms with E-state index >= 15 is 0 Å². The third-order valence-electron chi connectivity index (χ3n) is 3.66. The first kappa shape index (κ1) is 22.9. The van der Waals surface area contributed by atoms with Crippen LogP contribution in [0.3, 0.4) is 0 Å². The fourth-order valence-corrected chi connectivity index (χ4v) is 2.43. The van der Waals surface area contributed by atoms with Crippen molar-refractivity contribution in [2.24, 2.45) is 10.9 Å². The van der Waals surface area contributed by atoms with Gasteiger partial charge in [-0.1, -0.05) is 0 Å². The smallest absolute Gasteiger partial charge is 0.309 e. The summed E-state index contributed by atoms with van der Waals surface area (Å²) in [6.45, 7) is 4.80. The van der Waals surface area contributed by atoms with Crippen LogP contribution >= 0.6 is 24.0 Å². The molecule has 24 heavy (non-hydrogen) atoms. The van der Waals surface area contributed by atoms with E-state index in [1.807, 2.05) is 6.92 Å². The monoisotopic (exact) mass is 456 g/mol. The molecule has 0 aliphatic carbocycles. The number of hydrogen-bond donors (Lipinski definition) is 2. The predicted molar refractivity (Wildman–Crippen MR) is 103 cm³/mol. The van der Waals surface area contributed by atoms with Gasteiger partial charge in [0.1, 0.15) is 0 Å². The second-order valence-electron chi connectivity index (χ2n) is 5.26. The number of rotatable bonds is 7. The highest BCUT2D eigenvalue weighted by Gasteiger charge is 2.27. The molecule has 1 rings (SSSR count). The molecule has 140 valence electrons. The van der Waals surface area contributed by atoms with Crippen LogP contribution in [-0.4, -0.2) is 76.3 Å². The van der Waals surface area contributed by atoms with Gasteiger partial charge in [0.05, 0.1) is 25.7 Å². The maximum atomic E-state index is 11.7. The first-order valence-corrected chi connectivity index (χ1v) is 8.00. The Balaban J connectivity index is 0.00000529. The van der Waals surface area contributed by atoms with Crippen LogP contribution in [0.15, 0.2) is 4.99 Å². The molecular weight excluding hydrogens is 427 g/mol. The van der Waals surface area contributed by atoms with Crippen molar-refractivity contribution in [1.82, 2.24) is 15.5 Å². The molecule has 0 saturated carbocycles. The van der Waals surface area contributed by atoms with E-state index in [9.17, 15) is 9.59 Å². The van der Waals surface area contributed by atoms with Gasteiger partial charge in [0.15, 0.2) is 5.96 Å². The molecule has 0 bridgehead atoms. The Morgan fingerprint density at radius 1 is 1.25 bits per heavy atom. The molecule has 0 aromatic heterocycles. The van der Waals surface area contributed by atoms with Crippen LogP contribution < -0.4 is 10.6 Å². The van der Waals surface area contributed by atoms with Crippen LogP contribution in [0.5, 0.6) is 0 Å². The number of piperidine rings is 1. The number of esters is 1. The van der Waals surface area contributed by atoms with Crippen molar-refractivity contribution in [2.45, 2.75) is 19.8 Å². The highest BCUT2D eigenvalue weighted by atomic mass is 127. The molecule has 0 aromatic carbocycles. The minimum atomic E-state index is -0.118. The summed E-state index contributed by atoms with van der Waals surface area (Å²) in [6.07, 6.45) is 1.47. The summed E-state index contributed by atoms with van der Waals surface area (Å²) in [4.78, 5) is 29.7. The van der Waals surface area contributed by atoms with Gasteiger partial charge in [-0.3, -0.25) is 14.6 Å². The number of likely N-dealkylation sites (tertiary alicyclic amines) is 1. The number of amides is 1. The summed E-state index contributed by atoms with van der Waals surface area (Å²) in [6, 6.07) is 0. The van der Waals surface area contributed by atoms with Gasteiger partial charge < -0.3 is 25.0 Å². The van der Waals surface area contributed by atoms with E-state index in [1.54, 1.807) is 14.2 Å². The molecule has 1 heterocycles. The number of carbonyl (C=O) groups is 2. The average Bonchev–Trinajstić information content (AvgIpc) is 2.56. The first-order chi connectivity index (χ1) is 11.1. The van der Waals surface area contributed by atoms with Crippen molar-refractivity contribution >= 4 is 41.8 Å². The van der Waals surface area contributed by atoms with E-state index in [4.69, 9.17) is 9.47 Å². The molecule has 0 aromatic rings. The van der Waals surface area contributed by atoms with Crippen LogP contribution in [-0.2, 0) is 19.1 Å². The Kier molecular flexibility index (Phi) is 12.6. The molecule has 1 saturated heterocycles. The van der Waals surface area contributed by atoms with Gasteiger partial charge in [-0.05, 0) is 19.8 Å². The molecule has 1 aliphatic heterocycles. The van der Waals surface area contributed by atoms with Gasteiger partial charge in [0.25, 0.3) is 0 Å². The largest absolute Gasteiger partial charge is 0.466 e. The summed E-state index contributed by atoms with van der Waals surface area (Å²) >= 11 is 0. The van der Waals surface area contributed by atoms with Crippen LogP contribution in [0, 0.1) is 5.92 Å². The Labute approximate surface area is 160 Å². The van der Waals surface area contributed by atoms with E-state index in [0.29, 0.717) is 38.8 Å². The molecule has 1 amide bonds. The standard InChI is InChI=1S/C15H28N4O4.HI/c1-4-23-14(21)12-5-8-19(9-6-12)15(16-2)18-11-13(20)17-7-10-22-3;/h12H,4-11H2,1-3H3,(H,16,18)(H,17,20);1H. The molecule has 1 aliphatic rings. The van der Waals surface area contributed by atoms with Crippen molar-refractivity contribution in [2.75, 3.05) is 53.6 Å². The van der Waals surface area contributed by atoms with E-state index < -0.39 is 0 Å². The summed E-state index contributed by atoms with van der Waals surface area (Å²) in [5, 5.41) is 5.78. The lowest BCUT2D eigenvalue weighted by atomic mass is 9.97. The lowest BCUT2D eigenvalue weighted by Crippen LogP contribution is -2.49. The topological polar surface area (TPSA) is 92.3 Å². The quantitative estimate of drug-likeness (QED) is 0.187. The summed E-state index contributed by atoms with van der Waals surface area (Å²) < 4.78 is 9.94. The fourth-order valence-electron chi connectivity index (χ4n) is 2.43. The molecule has 2 N–H and O–H groups in total. The zero-order chi connectivity index (χ0) is 17.1. The molecular formula is C15H29IN4O4. The number of carbonyl (C=O) groups excluding carboxylic acids is 2. The van der Waals surface area contributed by atoms with Crippen LogP contribution in [0.1, 0.15) is 19.8 Å². The summed E-state index contributed by atoms with van der Waals surface area (Å²) in [7, 11) is 3.27. The molecule has 8 nitrogen and oxygen atoms in total. The Hall–Kier alpha value is -1.10. The van der Waals surface area contributed by atoms with E-state index in [-0.39, 0.29) is 48.3 Å². The lowest BCUT2D eigenvalue weighted by Gasteiger charge is -2.33. The lowest BCUT2D eigenvalue weighted by molar-refractivity contribution is -0.149. The van der Waals surface area contributed by atoms with Crippen molar-refractivity contribution < 1.29 is 19.1 Å². The maximum absolute atomic E-state index is 11.7. The normalized spacial score (nSPS) is 15.5. The maximum Gasteiger partial charge on any atom is 0.309 e. The number of hydrogen-bond acceptors (Lipinski definition) is 5. The van der Waals surface area contributed by atoms with Crippen molar-refractivity contribution in [3.63, 3.8) is 0 Å². The van der Waals surface area contributed by atoms with Crippen LogP contribution in [0.4, 0.5) is 0 Å². The van der Waals surface area contributed by atoms with E-state index in [0.717, 1.165) is 12.8 Å². The number of nitrogens with zero attached hydrogens (tertiary/aromatic N) is 2. The summed E-state index contributed by atoms with van der Waals surface area (Å²) in [5.74, 6) is 0.410. The minimum absolute atomic E-state index is 0. The zero-order valence-corrected chi connectivity index (χ0v) is 17.0. The fraction of sp³-hybridized carbons (Fsp3) is 0.800. The molecule has 0 spiro atoms. The second-order valence-corrected chi connectivity index (χ2v) is 5.26. The zero-order valence-electron chi connectivity index (χ0n) is 14.7. The van der Waals surface area contributed by atoms with Gasteiger partial charge in [0.2, 0.25) is 5.91 Å². The van der Waals surface area contributed by atoms with Gasteiger partial charge in [-0.25, -0.2) is 0 Å². The van der Waals surface area contributed by atoms with Crippen LogP contribution in [0.25, 0.3) is 0 Å². The molecule has 0 unspecified atom stereocenters. The Bertz CT molecular complexity index is 412. The van der Waals surface area contributed by atoms with E-state index in [2.05, 4.69) is 20.5 Å². The van der Waals surface area contributed by atoms with Gasteiger partial charge in [-0.2, -0.15) is 0 Å². The number of methoxy groups -OCH3 is 1. The minimum Gasteiger partial charge on any atom is -0.466 e. The van der Waals surface area contributed by atoms with Gasteiger partial charge in [0, 0.05) is 33.8 Å². The number of guanidine groups is 1. The third-order valence-corrected chi connectivity index (χ3v) is 3.66. The van der Waals surface area contributed by atoms with Crippen molar-refractivity contribution in [3.05, 3.63) is 0 Å². The molecule has 0 atom stereocenters.